The highest BCUT2D eigenvalue weighted by Crippen LogP contribution is 2.37. The standard InChI is InChI=1S/C20H24N4/c1-2-7-16(8-3-1)15-22-19-20(11-6-13-21-14-12-20)24-18-10-5-4-9-17(18)23-19/h1-5,7-10,21,24H,6,11-15H2,(H,22,23). The van der Waals surface area contributed by atoms with Gasteiger partial charge in [-0.3, -0.25) is 0 Å². The van der Waals surface area contributed by atoms with Gasteiger partial charge in [0.15, 0.2) is 0 Å². The zero-order valence-corrected chi connectivity index (χ0v) is 13.9. The molecule has 124 valence electrons. The van der Waals surface area contributed by atoms with E-state index < -0.39 is 0 Å². The van der Waals surface area contributed by atoms with E-state index in [0.29, 0.717) is 0 Å². The number of nitrogens with one attached hydrogen (secondary N) is 3. The summed E-state index contributed by atoms with van der Waals surface area (Å²) in [4.78, 5) is 4.99. The summed E-state index contributed by atoms with van der Waals surface area (Å²) in [7, 11) is 0. The van der Waals surface area contributed by atoms with Crippen molar-refractivity contribution in [2.24, 2.45) is 4.99 Å². The van der Waals surface area contributed by atoms with E-state index in [1.165, 1.54) is 5.56 Å². The van der Waals surface area contributed by atoms with Crippen LogP contribution in [-0.4, -0.2) is 24.5 Å². The molecule has 4 rings (SSSR count). The van der Waals surface area contributed by atoms with Gasteiger partial charge in [-0.2, -0.15) is 0 Å². The molecule has 1 saturated heterocycles. The molecule has 0 aliphatic carbocycles. The third-order valence-corrected chi connectivity index (χ3v) is 4.95. The number of amidine groups is 1. The van der Waals surface area contributed by atoms with Gasteiger partial charge in [-0.25, -0.2) is 4.99 Å². The fourth-order valence-electron chi connectivity index (χ4n) is 3.64. The molecule has 0 radical (unpaired) electrons. The van der Waals surface area contributed by atoms with Crippen molar-refractivity contribution in [1.29, 1.82) is 0 Å². The number of anilines is 1. The van der Waals surface area contributed by atoms with Crippen molar-refractivity contribution in [2.45, 2.75) is 31.3 Å². The molecule has 1 unspecified atom stereocenters. The van der Waals surface area contributed by atoms with Gasteiger partial charge >= 0.3 is 0 Å². The van der Waals surface area contributed by atoms with Gasteiger partial charge in [-0.15, -0.1) is 0 Å². The third kappa shape index (κ3) is 3.02. The minimum Gasteiger partial charge on any atom is -0.371 e. The van der Waals surface area contributed by atoms with Crippen LogP contribution in [0.1, 0.15) is 24.8 Å². The average molecular weight is 320 g/mol. The van der Waals surface area contributed by atoms with Crippen molar-refractivity contribution in [2.75, 3.05) is 18.4 Å². The van der Waals surface area contributed by atoms with Crippen LogP contribution >= 0.6 is 0 Å². The van der Waals surface area contributed by atoms with Crippen LogP contribution in [-0.2, 0) is 6.54 Å². The van der Waals surface area contributed by atoms with Gasteiger partial charge in [0.1, 0.15) is 5.84 Å². The van der Waals surface area contributed by atoms with Crippen molar-refractivity contribution in [3.63, 3.8) is 0 Å². The molecule has 0 saturated carbocycles. The first-order valence-corrected chi connectivity index (χ1v) is 8.81. The maximum atomic E-state index is 4.99. The minimum absolute atomic E-state index is 0.0906. The summed E-state index contributed by atoms with van der Waals surface area (Å²) >= 11 is 0. The van der Waals surface area contributed by atoms with E-state index >= 15 is 0 Å². The molecule has 4 heteroatoms. The van der Waals surface area contributed by atoms with Crippen LogP contribution in [0.5, 0.6) is 0 Å². The first-order valence-electron chi connectivity index (χ1n) is 8.81. The lowest BCUT2D eigenvalue weighted by atomic mass is 9.86. The van der Waals surface area contributed by atoms with Gasteiger partial charge in [-0.05, 0) is 50.0 Å². The molecule has 2 aliphatic heterocycles. The van der Waals surface area contributed by atoms with E-state index in [9.17, 15) is 0 Å². The largest absolute Gasteiger partial charge is 0.371 e. The molecule has 1 fully saturated rings. The number of aliphatic imine (C=N–C) groups is 1. The Kier molecular flexibility index (Phi) is 4.22. The summed E-state index contributed by atoms with van der Waals surface area (Å²) in [6.45, 7) is 2.90. The smallest absolute Gasteiger partial charge is 0.128 e. The van der Waals surface area contributed by atoms with Crippen molar-refractivity contribution in [3.05, 3.63) is 60.2 Å². The molecular weight excluding hydrogens is 296 g/mol. The lowest BCUT2D eigenvalue weighted by molar-refractivity contribution is 0.524. The molecule has 2 aromatic carbocycles. The Hall–Kier alpha value is -2.33. The summed E-state index contributed by atoms with van der Waals surface area (Å²) in [6, 6.07) is 18.9. The van der Waals surface area contributed by atoms with E-state index in [-0.39, 0.29) is 5.54 Å². The van der Waals surface area contributed by atoms with Crippen molar-refractivity contribution >= 4 is 17.2 Å². The van der Waals surface area contributed by atoms with Gasteiger partial charge < -0.3 is 16.0 Å². The van der Waals surface area contributed by atoms with E-state index in [0.717, 1.165) is 56.1 Å². The highest BCUT2D eigenvalue weighted by atomic mass is 15.2. The second-order valence-electron chi connectivity index (χ2n) is 6.63. The number of benzene rings is 2. The average Bonchev–Trinajstić information content (AvgIpc) is 2.87. The Bertz CT molecular complexity index is 715. The van der Waals surface area contributed by atoms with Crippen LogP contribution in [0.4, 0.5) is 11.4 Å². The molecule has 0 aromatic heterocycles. The molecule has 1 atom stereocenters. The summed E-state index contributed by atoms with van der Waals surface area (Å²) in [5, 5.41) is 10.9. The quantitative estimate of drug-likeness (QED) is 0.794. The van der Waals surface area contributed by atoms with Crippen LogP contribution in [0.2, 0.25) is 0 Å². The molecule has 0 bridgehead atoms. The second-order valence-corrected chi connectivity index (χ2v) is 6.63. The van der Waals surface area contributed by atoms with Crippen molar-refractivity contribution < 1.29 is 0 Å². The molecule has 3 N–H and O–H groups in total. The third-order valence-electron chi connectivity index (χ3n) is 4.95. The molecular formula is C20H24N4. The SMILES string of the molecule is c1ccc(CNC2=Nc3ccccc3NC23CCCNCC3)cc1. The normalized spacial score (nSPS) is 22.9. The summed E-state index contributed by atoms with van der Waals surface area (Å²) in [5.74, 6) is 1.08. The van der Waals surface area contributed by atoms with Crippen LogP contribution < -0.4 is 16.0 Å². The van der Waals surface area contributed by atoms with Gasteiger partial charge in [0.25, 0.3) is 0 Å². The van der Waals surface area contributed by atoms with E-state index in [2.05, 4.69) is 64.5 Å². The van der Waals surface area contributed by atoms with Gasteiger partial charge in [0.2, 0.25) is 0 Å². The molecule has 1 spiro atoms. The summed E-state index contributed by atoms with van der Waals surface area (Å²) < 4.78 is 0. The fourth-order valence-corrected chi connectivity index (χ4v) is 3.64. The zero-order valence-electron chi connectivity index (χ0n) is 13.9. The number of fused-ring (bicyclic) bond motifs is 1. The van der Waals surface area contributed by atoms with E-state index in [4.69, 9.17) is 4.99 Å². The zero-order chi connectivity index (χ0) is 16.2. The minimum atomic E-state index is -0.0906. The lowest BCUT2D eigenvalue weighted by Gasteiger charge is -2.39. The Morgan fingerprint density at radius 2 is 1.79 bits per heavy atom. The van der Waals surface area contributed by atoms with Gasteiger partial charge in [0.05, 0.1) is 16.9 Å². The van der Waals surface area contributed by atoms with Crippen LogP contribution in [0.15, 0.2) is 59.6 Å². The fraction of sp³-hybridized carbons (Fsp3) is 0.350. The number of rotatable bonds is 2. The number of hydrogen-bond donors (Lipinski definition) is 3. The van der Waals surface area contributed by atoms with Crippen molar-refractivity contribution in [1.82, 2.24) is 10.6 Å². The Morgan fingerprint density at radius 1 is 0.958 bits per heavy atom. The van der Waals surface area contributed by atoms with Crippen LogP contribution in [0.3, 0.4) is 0 Å². The first kappa shape index (κ1) is 15.2. The summed E-state index contributed by atoms with van der Waals surface area (Å²) in [5.41, 5.74) is 3.36. The Morgan fingerprint density at radius 3 is 2.71 bits per heavy atom. The second kappa shape index (κ2) is 6.65. The van der Waals surface area contributed by atoms with Crippen LogP contribution in [0.25, 0.3) is 0 Å². The van der Waals surface area contributed by atoms with Gasteiger partial charge in [0, 0.05) is 6.54 Å². The topological polar surface area (TPSA) is 48.5 Å². The number of hydrogen-bond acceptors (Lipinski definition) is 4. The van der Waals surface area contributed by atoms with Gasteiger partial charge in [-0.1, -0.05) is 42.5 Å². The molecule has 2 aromatic rings. The van der Waals surface area contributed by atoms with E-state index in [1.807, 2.05) is 6.07 Å². The summed E-state index contributed by atoms with van der Waals surface area (Å²) in [6.07, 6.45) is 3.29. The maximum Gasteiger partial charge on any atom is 0.128 e. The predicted octanol–water partition coefficient (Wildman–Crippen LogP) is 3.44. The Balaban J connectivity index is 1.64. The number of para-hydroxylation sites is 2. The highest BCUT2D eigenvalue weighted by Gasteiger charge is 2.39. The van der Waals surface area contributed by atoms with E-state index in [1.54, 1.807) is 0 Å². The van der Waals surface area contributed by atoms with Crippen LogP contribution in [0, 0.1) is 0 Å². The molecule has 2 heterocycles. The first-order chi connectivity index (χ1) is 11.9. The molecule has 2 aliphatic rings. The molecule has 4 nitrogen and oxygen atoms in total. The molecule has 0 amide bonds. The maximum absolute atomic E-state index is 4.99. The predicted molar refractivity (Wildman–Crippen MR) is 99.9 cm³/mol. The monoisotopic (exact) mass is 320 g/mol. The highest BCUT2D eigenvalue weighted by molar-refractivity contribution is 6.00. The molecule has 24 heavy (non-hydrogen) atoms. The lowest BCUT2D eigenvalue weighted by Crippen LogP contribution is -2.54. The Labute approximate surface area is 143 Å². The van der Waals surface area contributed by atoms with Crippen molar-refractivity contribution in [3.8, 4) is 0 Å². The number of nitrogens with zero attached hydrogens (tertiary/aromatic N) is 1.